The Morgan fingerprint density at radius 2 is 2.35 bits per heavy atom. The highest BCUT2D eigenvalue weighted by molar-refractivity contribution is 5.60. The van der Waals surface area contributed by atoms with Crippen molar-refractivity contribution in [3.63, 3.8) is 0 Å². The predicted molar refractivity (Wildman–Crippen MR) is 75.2 cm³/mol. The molecule has 0 aromatic heterocycles. The largest absolute Gasteiger partial charge is 0.493 e. The monoisotopic (exact) mass is 273 g/mol. The van der Waals surface area contributed by atoms with E-state index in [4.69, 9.17) is 9.47 Å². The normalized spacial score (nSPS) is 33.9. The molecule has 0 fully saturated rings. The van der Waals surface area contributed by atoms with Crippen LogP contribution in [0.4, 0.5) is 0 Å². The van der Waals surface area contributed by atoms with Crippen LogP contribution < -0.4 is 14.8 Å². The summed E-state index contributed by atoms with van der Waals surface area (Å²) in [5.41, 5.74) is 2.43. The number of hydrogen-bond donors (Lipinski definition) is 2. The highest BCUT2D eigenvalue weighted by atomic mass is 16.5. The second-order valence-electron chi connectivity index (χ2n) is 5.87. The molecule has 20 heavy (non-hydrogen) atoms. The lowest BCUT2D eigenvalue weighted by Gasteiger charge is -2.35. The molecule has 0 amide bonds. The fraction of sp³-hybridized carbons (Fsp3) is 0.500. The quantitative estimate of drug-likeness (QED) is 0.762. The third-order valence-corrected chi connectivity index (χ3v) is 4.83. The van der Waals surface area contributed by atoms with Gasteiger partial charge in [0.15, 0.2) is 11.5 Å². The average molecular weight is 273 g/mol. The van der Waals surface area contributed by atoms with E-state index in [0.717, 1.165) is 31.0 Å². The van der Waals surface area contributed by atoms with Crippen LogP contribution in [0.2, 0.25) is 0 Å². The van der Waals surface area contributed by atoms with Crippen molar-refractivity contribution in [3.8, 4) is 11.5 Å². The number of hydrogen-bond acceptors (Lipinski definition) is 4. The van der Waals surface area contributed by atoms with Crippen LogP contribution in [-0.2, 0) is 12.0 Å². The Morgan fingerprint density at radius 3 is 3.20 bits per heavy atom. The van der Waals surface area contributed by atoms with Gasteiger partial charge in [-0.1, -0.05) is 18.2 Å². The van der Waals surface area contributed by atoms with Crippen molar-refractivity contribution >= 4 is 0 Å². The van der Waals surface area contributed by atoms with E-state index in [9.17, 15) is 5.11 Å². The Bertz CT molecular complexity index is 583. The molecule has 4 rings (SSSR count). The van der Waals surface area contributed by atoms with Crippen LogP contribution in [0.25, 0.3) is 0 Å². The molecule has 1 aliphatic carbocycles. The summed E-state index contributed by atoms with van der Waals surface area (Å²) in [5.74, 6) is 1.67. The number of nitrogens with one attached hydrogen (secondary N) is 1. The van der Waals surface area contributed by atoms with Crippen molar-refractivity contribution in [3.05, 3.63) is 35.4 Å². The zero-order valence-corrected chi connectivity index (χ0v) is 11.6. The maximum atomic E-state index is 9.92. The fourth-order valence-electron chi connectivity index (χ4n) is 3.87. The second kappa shape index (κ2) is 4.24. The van der Waals surface area contributed by atoms with Gasteiger partial charge in [-0.05, 0) is 24.6 Å². The number of rotatable bonds is 1. The molecule has 0 saturated heterocycles. The Labute approximate surface area is 118 Å². The van der Waals surface area contributed by atoms with Gasteiger partial charge in [0.2, 0.25) is 0 Å². The van der Waals surface area contributed by atoms with Crippen molar-refractivity contribution in [2.45, 2.75) is 37.0 Å². The topological polar surface area (TPSA) is 50.7 Å². The Hall–Kier alpha value is -1.52. The molecule has 1 unspecified atom stereocenters. The van der Waals surface area contributed by atoms with Crippen LogP contribution in [0.15, 0.2) is 24.3 Å². The molecule has 106 valence electrons. The standard InChI is InChI=1S/C16H19NO3/c1-19-12-3-2-10-9-17-7-6-16-5-4-11(18)8-13(16)20-15(12)14(10)16/h2-5,11,13,17-18H,6-9H2,1H3/t11?,13-,16-/m1/s1. The first-order valence-electron chi connectivity index (χ1n) is 7.20. The molecule has 1 aromatic carbocycles. The van der Waals surface area contributed by atoms with Gasteiger partial charge in [0.05, 0.1) is 18.6 Å². The summed E-state index contributed by atoms with van der Waals surface area (Å²) in [6.45, 7) is 1.82. The molecule has 3 atom stereocenters. The minimum Gasteiger partial charge on any atom is -0.493 e. The van der Waals surface area contributed by atoms with Gasteiger partial charge < -0.3 is 19.9 Å². The summed E-state index contributed by atoms with van der Waals surface area (Å²) in [7, 11) is 1.68. The maximum absolute atomic E-state index is 9.92. The first kappa shape index (κ1) is 12.2. The van der Waals surface area contributed by atoms with Crippen LogP contribution in [-0.4, -0.2) is 31.0 Å². The highest BCUT2D eigenvalue weighted by Crippen LogP contribution is 2.55. The SMILES string of the molecule is COc1ccc2c3c1O[C@@H]1CC(O)C=C[C@]31CCNC2. The number of aliphatic hydroxyl groups excluding tert-OH is 1. The Kier molecular flexibility index (Phi) is 2.59. The number of aliphatic hydroxyl groups is 1. The molecule has 0 radical (unpaired) electrons. The van der Waals surface area contributed by atoms with Crippen molar-refractivity contribution in [2.24, 2.45) is 0 Å². The first-order valence-corrected chi connectivity index (χ1v) is 7.20. The summed E-state index contributed by atoms with van der Waals surface area (Å²) in [4.78, 5) is 0. The fourth-order valence-corrected chi connectivity index (χ4v) is 3.87. The molecule has 4 nitrogen and oxygen atoms in total. The molecular formula is C16H19NO3. The van der Waals surface area contributed by atoms with E-state index >= 15 is 0 Å². The van der Waals surface area contributed by atoms with Crippen molar-refractivity contribution in [2.75, 3.05) is 13.7 Å². The summed E-state index contributed by atoms with van der Waals surface area (Å²) in [5, 5.41) is 13.4. The van der Waals surface area contributed by atoms with Crippen LogP contribution in [0.5, 0.6) is 11.5 Å². The zero-order valence-electron chi connectivity index (χ0n) is 11.6. The van der Waals surface area contributed by atoms with Gasteiger partial charge in [-0.2, -0.15) is 0 Å². The van der Waals surface area contributed by atoms with Gasteiger partial charge in [-0.25, -0.2) is 0 Å². The lowest BCUT2D eigenvalue weighted by atomic mass is 9.69. The Morgan fingerprint density at radius 1 is 1.45 bits per heavy atom. The zero-order chi connectivity index (χ0) is 13.7. The van der Waals surface area contributed by atoms with Crippen LogP contribution in [0, 0.1) is 0 Å². The van der Waals surface area contributed by atoms with E-state index < -0.39 is 6.10 Å². The van der Waals surface area contributed by atoms with Crippen molar-refractivity contribution in [1.29, 1.82) is 0 Å². The summed E-state index contributed by atoms with van der Waals surface area (Å²) < 4.78 is 11.7. The smallest absolute Gasteiger partial charge is 0.166 e. The minimum atomic E-state index is -0.411. The van der Waals surface area contributed by atoms with Crippen LogP contribution in [0.3, 0.4) is 0 Å². The van der Waals surface area contributed by atoms with Gasteiger partial charge in [-0.3, -0.25) is 0 Å². The first-order chi connectivity index (χ1) is 9.74. The number of ether oxygens (including phenoxy) is 2. The number of benzene rings is 1. The Balaban J connectivity index is 1.96. The van der Waals surface area contributed by atoms with Gasteiger partial charge in [0.1, 0.15) is 6.10 Å². The average Bonchev–Trinajstić information content (AvgIpc) is 2.66. The van der Waals surface area contributed by atoms with E-state index in [1.54, 1.807) is 7.11 Å². The molecule has 2 heterocycles. The molecule has 2 aliphatic heterocycles. The maximum Gasteiger partial charge on any atom is 0.166 e. The highest BCUT2D eigenvalue weighted by Gasteiger charge is 2.52. The molecule has 1 aromatic rings. The van der Waals surface area contributed by atoms with Gasteiger partial charge in [0, 0.05) is 18.5 Å². The minimum absolute atomic E-state index is 0.00690. The predicted octanol–water partition coefficient (Wildman–Crippen LogP) is 1.51. The number of methoxy groups -OCH3 is 1. The molecule has 1 spiro atoms. The lowest BCUT2D eigenvalue weighted by molar-refractivity contribution is 0.0851. The van der Waals surface area contributed by atoms with E-state index in [2.05, 4.69) is 17.5 Å². The molecule has 3 aliphatic rings. The lowest BCUT2D eigenvalue weighted by Crippen LogP contribution is -2.42. The van der Waals surface area contributed by atoms with E-state index in [1.165, 1.54) is 11.1 Å². The van der Waals surface area contributed by atoms with Crippen molar-refractivity contribution < 1.29 is 14.6 Å². The van der Waals surface area contributed by atoms with Gasteiger partial charge in [0.25, 0.3) is 0 Å². The third kappa shape index (κ3) is 1.49. The second-order valence-corrected chi connectivity index (χ2v) is 5.87. The summed E-state index contributed by atoms with van der Waals surface area (Å²) >= 11 is 0. The van der Waals surface area contributed by atoms with Crippen LogP contribution in [0.1, 0.15) is 24.0 Å². The molecule has 0 bridgehead atoms. The van der Waals surface area contributed by atoms with E-state index in [-0.39, 0.29) is 11.5 Å². The third-order valence-electron chi connectivity index (χ3n) is 4.83. The molecular weight excluding hydrogens is 254 g/mol. The van der Waals surface area contributed by atoms with E-state index in [1.807, 2.05) is 12.1 Å². The van der Waals surface area contributed by atoms with Crippen LogP contribution >= 0.6 is 0 Å². The van der Waals surface area contributed by atoms with Gasteiger partial charge >= 0.3 is 0 Å². The summed E-state index contributed by atoms with van der Waals surface area (Å²) in [6, 6.07) is 4.11. The molecule has 4 heteroatoms. The van der Waals surface area contributed by atoms with E-state index in [0.29, 0.717) is 6.42 Å². The molecule has 0 saturated carbocycles. The van der Waals surface area contributed by atoms with Gasteiger partial charge in [-0.15, -0.1) is 0 Å². The molecule has 2 N–H and O–H groups in total. The van der Waals surface area contributed by atoms with Crippen molar-refractivity contribution in [1.82, 2.24) is 5.32 Å². The summed E-state index contributed by atoms with van der Waals surface area (Å²) in [6.07, 6.45) is 5.32.